The first-order chi connectivity index (χ1) is 9.78. The molecule has 0 spiro atoms. The van der Waals surface area contributed by atoms with Crippen LogP contribution in [-0.2, 0) is 0 Å². The van der Waals surface area contributed by atoms with Gasteiger partial charge < -0.3 is 0 Å². The fraction of sp³-hybridized carbons (Fsp3) is 0. The Hall–Kier alpha value is -2.31. The van der Waals surface area contributed by atoms with Gasteiger partial charge in [-0.1, -0.05) is 48.2 Å². The number of halogens is 1. The van der Waals surface area contributed by atoms with E-state index in [1.54, 1.807) is 12.1 Å². The van der Waals surface area contributed by atoms with Crippen molar-refractivity contribution >= 4 is 22.5 Å². The summed E-state index contributed by atoms with van der Waals surface area (Å²) in [6.45, 7) is 0. The maximum atomic E-state index is 13.6. The third kappa shape index (κ3) is 2.38. The maximum absolute atomic E-state index is 13.6. The largest absolute Gasteiger partial charge is 0.206 e. The molecule has 20 heavy (non-hydrogen) atoms. The Balaban J connectivity index is 2.02. The lowest BCUT2D eigenvalue weighted by Gasteiger charge is -2.06. The highest BCUT2D eigenvalue weighted by molar-refractivity contribution is 7.99. The van der Waals surface area contributed by atoms with Gasteiger partial charge in [0.05, 0.1) is 0 Å². The number of nitrogens with zero attached hydrogens (tertiary/aromatic N) is 1. The first-order valence-electron chi connectivity index (χ1n) is 6.13. The lowest BCUT2D eigenvalue weighted by Crippen LogP contribution is -1.87. The van der Waals surface area contributed by atoms with Gasteiger partial charge in [0, 0.05) is 9.79 Å². The molecule has 0 N–H and O–H groups in total. The van der Waals surface area contributed by atoms with E-state index in [0.29, 0.717) is 4.90 Å². The fourth-order valence-electron chi connectivity index (χ4n) is 2.06. The molecular formula is C17H10FNS. The van der Waals surface area contributed by atoms with Gasteiger partial charge in [0.25, 0.3) is 0 Å². The quantitative estimate of drug-likeness (QED) is 0.659. The number of rotatable bonds is 2. The van der Waals surface area contributed by atoms with Crippen LogP contribution in [0, 0.1) is 17.1 Å². The van der Waals surface area contributed by atoms with Gasteiger partial charge in [0.1, 0.15) is 17.4 Å². The molecule has 0 bridgehead atoms. The predicted octanol–water partition coefficient (Wildman–Crippen LogP) is 5.00. The Bertz CT molecular complexity index is 821. The van der Waals surface area contributed by atoms with Gasteiger partial charge in [-0.2, -0.15) is 5.26 Å². The molecule has 96 valence electrons. The summed E-state index contributed by atoms with van der Waals surface area (Å²) in [6.07, 6.45) is 0. The monoisotopic (exact) mass is 279 g/mol. The zero-order valence-corrected chi connectivity index (χ0v) is 11.3. The van der Waals surface area contributed by atoms with Crippen LogP contribution >= 0.6 is 11.8 Å². The van der Waals surface area contributed by atoms with Crippen LogP contribution in [0.4, 0.5) is 4.39 Å². The molecule has 0 aromatic heterocycles. The molecule has 0 fully saturated rings. The first-order valence-corrected chi connectivity index (χ1v) is 6.95. The van der Waals surface area contributed by atoms with Crippen LogP contribution < -0.4 is 0 Å². The molecule has 0 aliphatic rings. The van der Waals surface area contributed by atoms with E-state index < -0.39 is 5.82 Å². The number of fused-ring (bicyclic) bond motifs is 1. The second-order valence-corrected chi connectivity index (χ2v) is 5.45. The summed E-state index contributed by atoms with van der Waals surface area (Å²) >= 11 is 1.41. The molecule has 0 saturated carbocycles. The maximum Gasteiger partial charge on any atom is 0.142 e. The highest BCUT2D eigenvalue weighted by atomic mass is 32.2. The molecule has 0 aliphatic carbocycles. The number of hydrogen-bond donors (Lipinski definition) is 0. The number of nitriles is 1. The van der Waals surface area contributed by atoms with Crippen molar-refractivity contribution in [2.45, 2.75) is 9.79 Å². The SMILES string of the molecule is N#Cc1c(F)cccc1Sc1ccc2ccccc2c1. The summed E-state index contributed by atoms with van der Waals surface area (Å²) in [5, 5.41) is 11.3. The summed E-state index contributed by atoms with van der Waals surface area (Å²) in [7, 11) is 0. The summed E-state index contributed by atoms with van der Waals surface area (Å²) in [5.41, 5.74) is 0.102. The predicted molar refractivity (Wildman–Crippen MR) is 79.2 cm³/mol. The highest BCUT2D eigenvalue weighted by Gasteiger charge is 2.09. The van der Waals surface area contributed by atoms with Crippen LogP contribution in [0.5, 0.6) is 0 Å². The summed E-state index contributed by atoms with van der Waals surface area (Å²) < 4.78 is 13.6. The molecular weight excluding hydrogens is 269 g/mol. The third-order valence-electron chi connectivity index (χ3n) is 3.04. The molecule has 0 unspecified atom stereocenters. The molecule has 3 rings (SSSR count). The van der Waals surface area contributed by atoms with E-state index in [1.807, 2.05) is 48.5 Å². The Kier molecular flexibility index (Phi) is 3.41. The topological polar surface area (TPSA) is 23.8 Å². The van der Waals surface area contributed by atoms with Crippen molar-refractivity contribution in [1.82, 2.24) is 0 Å². The van der Waals surface area contributed by atoms with Crippen molar-refractivity contribution in [3.05, 3.63) is 72.0 Å². The molecule has 1 nitrogen and oxygen atoms in total. The summed E-state index contributed by atoms with van der Waals surface area (Å²) in [4.78, 5) is 1.63. The molecule has 0 radical (unpaired) electrons. The van der Waals surface area contributed by atoms with Crippen LogP contribution in [0.3, 0.4) is 0 Å². The normalized spacial score (nSPS) is 10.4. The molecule has 0 aliphatic heterocycles. The second-order valence-electron chi connectivity index (χ2n) is 4.34. The van der Waals surface area contributed by atoms with E-state index in [9.17, 15) is 4.39 Å². The van der Waals surface area contributed by atoms with Gasteiger partial charge >= 0.3 is 0 Å². The minimum absolute atomic E-state index is 0.102. The number of hydrogen-bond acceptors (Lipinski definition) is 2. The second kappa shape index (κ2) is 5.36. The smallest absolute Gasteiger partial charge is 0.142 e. The van der Waals surface area contributed by atoms with Crippen LogP contribution in [0.1, 0.15) is 5.56 Å². The molecule has 0 amide bonds. The van der Waals surface area contributed by atoms with Gasteiger partial charge in [-0.05, 0) is 35.0 Å². The van der Waals surface area contributed by atoms with Crippen LogP contribution in [-0.4, -0.2) is 0 Å². The molecule has 0 saturated heterocycles. The zero-order valence-electron chi connectivity index (χ0n) is 10.5. The lowest BCUT2D eigenvalue weighted by atomic mass is 10.1. The van der Waals surface area contributed by atoms with Gasteiger partial charge in [-0.25, -0.2) is 4.39 Å². The molecule has 3 aromatic rings. The van der Waals surface area contributed by atoms with Crippen molar-refractivity contribution in [1.29, 1.82) is 5.26 Å². The fourth-order valence-corrected chi connectivity index (χ4v) is 3.02. The van der Waals surface area contributed by atoms with E-state index in [1.165, 1.54) is 17.8 Å². The van der Waals surface area contributed by atoms with Crippen molar-refractivity contribution in [2.75, 3.05) is 0 Å². The Morgan fingerprint density at radius 2 is 1.70 bits per heavy atom. The Morgan fingerprint density at radius 1 is 0.900 bits per heavy atom. The molecule has 0 heterocycles. The highest BCUT2D eigenvalue weighted by Crippen LogP contribution is 2.32. The third-order valence-corrected chi connectivity index (χ3v) is 4.09. The van der Waals surface area contributed by atoms with Crippen molar-refractivity contribution < 1.29 is 4.39 Å². The van der Waals surface area contributed by atoms with E-state index in [2.05, 4.69) is 0 Å². The van der Waals surface area contributed by atoms with Gasteiger partial charge in [0.15, 0.2) is 0 Å². The van der Waals surface area contributed by atoms with Crippen molar-refractivity contribution in [3.63, 3.8) is 0 Å². The van der Waals surface area contributed by atoms with E-state index in [-0.39, 0.29) is 5.56 Å². The van der Waals surface area contributed by atoms with Gasteiger partial charge in [0.2, 0.25) is 0 Å². The average molecular weight is 279 g/mol. The first kappa shape index (κ1) is 12.7. The average Bonchev–Trinajstić information content (AvgIpc) is 2.47. The zero-order chi connectivity index (χ0) is 13.9. The van der Waals surface area contributed by atoms with E-state index >= 15 is 0 Å². The van der Waals surface area contributed by atoms with Gasteiger partial charge in [-0.3, -0.25) is 0 Å². The molecule has 3 aromatic carbocycles. The van der Waals surface area contributed by atoms with E-state index in [0.717, 1.165) is 15.7 Å². The van der Waals surface area contributed by atoms with Crippen LogP contribution in [0.2, 0.25) is 0 Å². The van der Waals surface area contributed by atoms with Crippen LogP contribution in [0.15, 0.2) is 70.5 Å². The Morgan fingerprint density at radius 3 is 2.50 bits per heavy atom. The van der Waals surface area contributed by atoms with Gasteiger partial charge in [-0.15, -0.1) is 0 Å². The van der Waals surface area contributed by atoms with E-state index in [4.69, 9.17) is 5.26 Å². The van der Waals surface area contributed by atoms with Crippen molar-refractivity contribution in [2.24, 2.45) is 0 Å². The van der Waals surface area contributed by atoms with Crippen LogP contribution in [0.25, 0.3) is 10.8 Å². The standard InChI is InChI=1S/C17H10FNS/c18-16-6-3-7-17(15(16)11-19)20-14-9-8-12-4-1-2-5-13(12)10-14/h1-10H. The summed E-state index contributed by atoms with van der Waals surface area (Å²) in [5.74, 6) is -0.474. The Labute approximate surface area is 120 Å². The minimum Gasteiger partial charge on any atom is -0.206 e. The van der Waals surface area contributed by atoms with Crippen molar-refractivity contribution in [3.8, 4) is 6.07 Å². The molecule has 3 heteroatoms. The lowest BCUT2D eigenvalue weighted by molar-refractivity contribution is 0.620. The molecule has 0 atom stereocenters. The number of benzene rings is 3. The summed E-state index contributed by atoms with van der Waals surface area (Å²) in [6, 6.07) is 20.8. The minimum atomic E-state index is -0.474.